The fourth-order valence-electron chi connectivity index (χ4n) is 4.16. The number of benzene rings is 1. The maximum Gasteiger partial charge on any atom is 0.191 e. The van der Waals surface area contributed by atoms with E-state index in [1.54, 1.807) is 7.05 Å². The molecule has 2 aromatic heterocycles. The number of guanidine groups is 1. The van der Waals surface area contributed by atoms with E-state index in [1.165, 1.54) is 12.1 Å². The number of anilines is 1. The van der Waals surface area contributed by atoms with E-state index in [2.05, 4.69) is 56.5 Å². The fourth-order valence-corrected chi connectivity index (χ4v) is 4.16. The van der Waals surface area contributed by atoms with Crippen molar-refractivity contribution in [2.24, 2.45) is 4.99 Å². The van der Waals surface area contributed by atoms with Crippen molar-refractivity contribution in [2.45, 2.75) is 39.0 Å². The second kappa shape index (κ2) is 9.99. The first-order chi connectivity index (χ1) is 15.5. The van der Waals surface area contributed by atoms with E-state index in [1.807, 2.05) is 18.5 Å². The molecule has 170 valence electrons. The number of aliphatic imine (C=N–C) groups is 1. The SMILES string of the molecule is CN=C(NCCc1c[nH]c2cc(F)ccc12)NCc1ccc(N2CC(C)OC(C)C2)nc1. The molecule has 4 rings (SSSR count). The van der Waals surface area contributed by atoms with Crippen molar-refractivity contribution in [3.63, 3.8) is 0 Å². The molecule has 0 saturated carbocycles. The van der Waals surface area contributed by atoms with Gasteiger partial charge < -0.3 is 25.3 Å². The third kappa shape index (κ3) is 5.37. The Hall–Kier alpha value is -3.13. The molecule has 0 aliphatic carbocycles. The number of ether oxygens (including phenoxy) is 1. The number of pyridine rings is 1. The zero-order valence-corrected chi connectivity index (χ0v) is 18.9. The van der Waals surface area contributed by atoms with Gasteiger partial charge in [-0.1, -0.05) is 6.07 Å². The van der Waals surface area contributed by atoms with Gasteiger partial charge in [0.05, 0.1) is 12.2 Å². The molecule has 1 aliphatic heterocycles. The quantitative estimate of drug-likeness (QED) is 0.407. The molecule has 3 heterocycles. The minimum Gasteiger partial charge on any atom is -0.372 e. The Balaban J connectivity index is 1.26. The summed E-state index contributed by atoms with van der Waals surface area (Å²) in [6.07, 6.45) is 5.07. The van der Waals surface area contributed by atoms with Crippen molar-refractivity contribution >= 4 is 22.7 Å². The Kier molecular flexibility index (Phi) is 6.90. The van der Waals surface area contributed by atoms with Gasteiger partial charge in [0.2, 0.25) is 0 Å². The van der Waals surface area contributed by atoms with E-state index in [4.69, 9.17) is 4.74 Å². The van der Waals surface area contributed by atoms with Crippen LogP contribution >= 0.6 is 0 Å². The lowest BCUT2D eigenvalue weighted by Crippen LogP contribution is -2.45. The van der Waals surface area contributed by atoms with Crippen molar-refractivity contribution in [2.75, 3.05) is 31.6 Å². The summed E-state index contributed by atoms with van der Waals surface area (Å²) < 4.78 is 19.2. The summed E-state index contributed by atoms with van der Waals surface area (Å²) in [6.45, 7) is 7.26. The highest BCUT2D eigenvalue weighted by molar-refractivity contribution is 5.83. The second-order valence-corrected chi connectivity index (χ2v) is 8.29. The summed E-state index contributed by atoms with van der Waals surface area (Å²) in [5, 5.41) is 7.71. The zero-order chi connectivity index (χ0) is 22.5. The predicted molar refractivity (Wildman–Crippen MR) is 127 cm³/mol. The van der Waals surface area contributed by atoms with E-state index in [0.29, 0.717) is 13.1 Å². The van der Waals surface area contributed by atoms with Crippen molar-refractivity contribution in [3.8, 4) is 0 Å². The summed E-state index contributed by atoms with van der Waals surface area (Å²) in [4.78, 5) is 14.3. The molecule has 1 aliphatic rings. The van der Waals surface area contributed by atoms with Gasteiger partial charge in [0.25, 0.3) is 0 Å². The minimum atomic E-state index is -0.231. The van der Waals surface area contributed by atoms with Gasteiger partial charge in [-0.05, 0) is 55.7 Å². The Bertz CT molecular complexity index is 1050. The summed E-state index contributed by atoms with van der Waals surface area (Å²) in [7, 11) is 1.76. The number of hydrogen-bond donors (Lipinski definition) is 3. The van der Waals surface area contributed by atoms with Crippen LogP contribution in [0.3, 0.4) is 0 Å². The maximum absolute atomic E-state index is 13.4. The topological polar surface area (TPSA) is 77.6 Å². The van der Waals surface area contributed by atoms with Gasteiger partial charge >= 0.3 is 0 Å². The first-order valence-electron chi connectivity index (χ1n) is 11.1. The molecule has 0 amide bonds. The Morgan fingerprint density at radius 2 is 2.03 bits per heavy atom. The van der Waals surface area contributed by atoms with Gasteiger partial charge in [-0.15, -0.1) is 0 Å². The van der Waals surface area contributed by atoms with Crippen LogP contribution in [-0.4, -0.2) is 54.8 Å². The molecule has 8 heteroatoms. The van der Waals surface area contributed by atoms with Gasteiger partial charge in [-0.2, -0.15) is 0 Å². The first kappa shape index (κ1) is 22.1. The lowest BCUT2D eigenvalue weighted by atomic mass is 10.1. The number of H-pyrrole nitrogens is 1. The van der Waals surface area contributed by atoms with Crippen LogP contribution in [0.25, 0.3) is 10.9 Å². The fraction of sp³-hybridized carbons (Fsp3) is 0.417. The summed E-state index contributed by atoms with van der Waals surface area (Å²) in [6, 6.07) is 8.99. The van der Waals surface area contributed by atoms with Crippen LogP contribution in [0.1, 0.15) is 25.0 Å². The van der Waals surface area contributed by atoms with Crippen LogP contribution in [0.2, 0.25) is 0 Å². The van der Waals surface area contributed by atoms with E-state index in [0.717, 1.165) is 53.3 Å². The Morgan fingerprint density at radius 3 is 2.75 bits per heavy atom. The van der Waals surface area contributed by atoms with E-state index in [-0.39, 0.29) is 18.0 Å². The molecule has 1 aromatic carbocycles. The van der Waals surface area contributed by atoms with Gasteiger partial charge in [-0.3, -0.25) is 4.99 Å². The van der Waals surface area contributed by atoms with Crippen LogP contribution in [0.15, 0.2) is 47.7 Å². The van der Waals surface area contributed by atoms with Crippen molar-refractivity contribution in [1.82, 2.24) is 20.6 Å². The highest BCUT2D eigenvalue weighted by atomic mass is 19.1. The molecule has 32 heavy (non-hydrogen) atoms. The standard InChI is InChI=1S/C24H31FN6O/c1-16-14-31(15-17(2)32-16)23-7-4-18(11-29-23)12-30-24(26-3)27-9-8-19-13-28-22-10-20(25)5-6-21(19)22/h4-7,10-11,13,16-17,28H,8-9,12,14-15H2,1-3H3,(H2,26,27,30). The van der Waals surface area contributed by atoms with Gasteiger partial charge in [0, 0.05) is 56.5 Å². The van der Waals surface area contributed by atoms with E-state index < -0.39 is 0 Å². The average molecular weight is 439 g/mol. The molecule has 3 aromatic rings. The molecule has 7 nitrogen and oxygen atoms in total. The van der Waals surface area contributed by atoms with E-state index >= 15 is 0 Å². The third-order valence-electron chi connectivity index (χ3n) is 5.65. The number of rotatable bonds is 6. The number of morpholine rings is 1. The van der Waals surface area contributed by atoms with Crippen molar-refractivity contribution in [1.29, 1.82) is 0 Å². The lowest BCUT2D eigenvalue weighted by molar-refractivity contribution is -0.00545. The van der Waals surface area contributed by atoms with Gasteiger partial charge in [-0.25, -0.2) is 9.37 Å². The number of nitrogens with zero attached hydrogens (tertiary/aromatic N) is 3. The van der Waals surface area contributed by atoms with Crippen molar-refractivity contribution < 1.29 is 9.13 Å². The second-order valence-electron chi connectivity index (χ2n) is 8.29. The average Bonchev–Trinajstić information content (AvgIpc) is 3.17. The number of hydrogen-bond acceptors (Lipinski definition) is 4. The smallest absolute Gasteiger partial charge is 0.191 e. The molecular weight excluding hydrogens is 407 g/mol. The van der Waals surface area contributed by atoms with Gasteiger partial charge in [0.15, 0.2) is 5.96 Å². The Labute approximate surface area is 188 Å². The summed E-state index contributed by atoms with van der Waals surface area (Å²) in [5.41, 5.74) is 3.05. The normalized spacial score (nSPS) is 19.4. The number of halogens is 1. The number of aromatic nitrogens is 2. The molecule has 0 radical (unpaired) electrons. The highest BCUT2D eigenvalue weighted by Crippen LogP contribution is 2.20. The van der Waals surface area contributed by atoms with Crippen LogP contribution in [0, 0.1) is 5.82 Å². The lowest BCUT2D eigenvalue weighted by Gasteiger charge is -2.36. The van der Waals surface area contributed by atoms with Gasteiger partial charge in [0.1, 0.15) is 11.6 Å². The van der Waals surface area contributed by atoms with Crippen LogP contribution < -0.4 is 15.5 Å². The third-order valence-corrected chi connectivity index (χ3v) is 5.65. The van der Waals surface area contributed by atoms with Crippen LogP contribution in [-0.2, 0) is 17.7 Å². The molecule has 0 spiro atoms. The monoisotopic (exact) mass is 438 g/mol. The molecule has 0 bridgehead atoms. The zero-order valence-electron chi connectivity index (χ0n) is 18.9. The first-order valence-corrected chi connectivity index (χ1v) is 11.1. The Morgan fingerprint density at radius 1 is 1.22 bits per heavy atom. The molecule has 1 saturated heterocycles. The molecule has 2 unspecified atom stereocenters. The van der Waals surface area contributed by atoms with E-state index in [9.17, 15) is 4.39 Å². The number of nitrogens with one attached hydrogen (secondary N) is 3. The molecule has 2 atom stereocenters. The maximum atomic E-state index is 13.4. The summed E-state index contributed by atoms with van der Waals surface area (Å²) in [5.74, 6) is 1.48. The number of fused-ring (bicyclic) bond motifs is 1. The molecule has 1 fully saturated rings. The molecule has 3 N–H and O–H groups in total. The molecular formula is C24H31FN6O. The largest absolute Gasteiger partial charge is 0.372 e. The number of aromatic amines is 1. The van der Waals surface area contributed by atoms with Crippen LogP contribution in [0.4, 0.5) is 10.2 Å². The summed E-state index contributed by atoms with van der Waals surface area (Å²) >= 11 is 0. The van der Waals surface area contributed by atoms with Crippen LogP contribution in [0.5, 0.6) is 0 Å². The predicted octanol–water partition coefficient (Wildman–Crippen LogP) is 3.22. The van der Waals surface area contributed by atoms with Crippen molar-refractivity contribution in [3.05, 3.63) is 59.7 Å². The minimum absolute atomic E-state index is 0.210. The highest BCUT2D eigenvalue weighted by Gasteiger charge is 2.22.